The van der Waals surface area contributed by atoms with Crippen LogP contribution in [0.15, 0.2) is 0 Å². The van der Waals surface area contributed by atoms with E-state index in [1.165, 1.54) is 0 Å². The smallest absolute Gasteiger partial charge is 0.341 e. The molecule has 1 rings (SSSR count). The Morgan fingerprint density at radius 3 is 1.91 bits per heavy atom. The molecule has 1 saturated heterocycles. The van der Waals surface area contributed by atoms with Crippen LogP contribution in [0.1, 0.15) is 12.8 Å². The zero-order chi connectivity index (χ0) is 17.1. The van der Waals surface area contributed by atoms with Crippen molar-refractivity contribution in [1.82, 2.24) is 0 Å². The molecule has 1 heterocycles. The molecule has 0 spiro atoms. The summed E-state index contributed by atoms with van der Waals surface area (Å²) in [6.45, 7) is -2.54. The molecule has 10 nitrogen and oxygen atoms in total. The van der Waals surface area contributed by atoms with Gasteiger partial charge >= 0.3 is 5.97 Å². The van der Waals surface area contributed by atoms with Crippen molar-refractivity contribution in [3.05, 3.63) is 0 Å². The average Bonchev–Trinajstić information content (AvgIpc) is 2.67. The Morgan fingerprint density at radius 1 is 0.955 bits per heavy atom. The molecule has 1 aliphatic heterocycles. The summed E-state index contributed by atoms with van der Waals surface area (Å²) in [4.78, 5) is 11.9. The fourth-order valence-electron chi connectivity index (χ4n) is 2.59. The van der Waals surface area contributed by atoms with Crippen molar-refractivity contribution in [1.29, 1.82) is 0 Å². The Kier molecular flexibility index (Phi) is 6.24. The van der Waals surface area contributed by atoms with Crippen molar-refractivity contribution in [2.75, 3.05) is 19.8 Å². The van der Waals surface area contributed by atoms with E-state index in [9.17, 15) is 30.3 Å². The van der Waals surface area contributed by atoms with Gasteiger partial charge in [0.05, 0.1) is 32.0 Å². The molecular weight excluding hydrogens is 304 g/mol. The van der Waals surface area contributed by atoms with Crippen molar-refractivity contribution in [2.24, 2.45) is 0 Å². The van der Waals surface area contributed by atoms with E-state index in [2.05, 4.69) is 0 Å². The number of esters is 1. The van der Waals surface area contributed by atoms with Gasteiger partial charge in [-0.25, -0.2) is 4.79 Å². The molecule has 0 amide bonds. The minimum atomic E-state index is -2.74. The Hall–Kier alpha value is -0.850. The van der Waals surface area contributed by atoms with Crippen LogP contribution in [0, 0.1) is 0 Å². The maximum Gasteiger partial charge on any atom is 0.341 e. The number of ether oxygens (including phenoxy) is 1. The lowest BCUT2D eigenvalue weighted by atomic mass is 9.73. The molecule has 0 saturated carbocycles. The predicted octanol–water partition coefficient (Wildman–Crippen LogP) is -4.79. The first-order chi connectivity index (χ1) is 10.2. The zero-order valence-electron chi connectivity index (χ0n) is 11.7. The Morgan fingerprint density at radius 2 is 1.45 bits per heavy atom. The van der Waals surface area contributed by atoms with E-state index in [1.807, 2.05) is 0 Å². The van der Waals surface area contributed by atoms with E-state index in [1.54, 1.807) is 0 Å². The second kappa shape index (κ2) is 7.15. The van der Waals surface area contributed by atoms with Crippen LogP contribution in [-0.4, -0.2) is 102 Å². The second-order valence-corrected chi connectivity index (χ2v) is 5.44. The van der Waals surface area contributed by atoms with Gasteiger partial charge in [-0.05, 0) is 0 Å². The topological polar surface area (TPSA) is 188 Å². The predicted molar refractivity (Wildman–Crippen MR) is 68.3 cm³/mol. The Balaban J connectivity index is 3.23. The summed E-state index contributed by atoms with van der Waals surface area (Å²) in [7, 11) is 0. The summed E-state index contributed by atoms with van der Waals surface area (Å²) in [6.07, 6.45) is -8.30. The molecular formula is C12H22O10. The van der Waals surface area contributed by atoms with Crippen LogP contribution in [-0.2, 0) is 9.53 Å². The summed E-state index contributed by atoms with van der Waals surface area (Å²) in [6, 6.07) is 0. The van der Waals surface area contributed by atoms with Gasteiger partial charge in [0.15, 0.2) is 11.7 Å². The molecule has 0 aromatic heterocycles. The average molecular weight is 326 g/mol. The molecule has 8 N–H and O–H groups in total. The molecule has 0 aliphatic carbocycles. The maximum atomic E-state index is 11.9. The SMILES string of the molecule is O=C1OC(C(O)CO)C(O)(CC(O)CO)C1(O)CC(O)CO. The second-order valence-electron chi connectivity index (χ2n) is 5.44. The Labute approximate surface area is 125 Å². The first-order valence-corrected chi connectivity index (χ1v) is 6.68. The van der Waals surface area contributed by atoms with E-state index in [0.29, 0.717) is 0 Å². The number of hydrogen-bond donors (Lipinski definition) is 8. The minimum absolute atomic E-state index is 0.772. The molecule has 10 heteroatoms. The summed E-state index contributed by atoms with van der Waals surface area (Å²) >= 11 is 0. The molecule has 0 aromatic rings. The number of cyclic esters (lactones) is 1. The number of aliphatic hydroxyl groups excluding tert-OH is 6. The summed E-state index contributed by atoms with van der Waals surface area (Å²) in [5, 5.41) is 76.5. The quantitative estimate of drug-likeness (QED) is 0.201. The van der Waals surface area contributed by atoms with Crippen LogP contribution in [0.2, 0.25) is 0 Å². The highest BCUT2D eigenvalue weighted by atomic mass is 16.6. The molecule has 6 unspecified atom stereocenters. The van der Waals surface area contributed by atoms with Crippen LogP contribution in [0.5, 0.6) is 0 Å². The molecule has 130 valence electrons. The van der Waals surface area contributed by atoms with E-state index >= 15 is 0 Å². The highest BCUT2D eigenvalue weighted by Gasteiger charge is 2.69. The van der Waals surface area contributed by atoms with Crippen molar-refractivity contribution < 1.29 is 50.4 Å². The third-order valence-corrected chi connectivity index (χ3v) is 3.79. The minimum Gasteiger partial charge on any atom is -0.454 e. The molecule has 22 heavy (non-hydrogen) atoms. The summed E-state index contributed by atoms with van der Waals surface area (Å²) < 4.78 is 4.70. The van der Waals surface area contributed by atoms with Crippen molar-refractivity contribution in [3.8, 4) is 0 Å². The van der Waals surface area contributed by atoms with Crippen LogP contribution in [0.25, 0.3) is 0 Å². The van der Waals surface area contributed by atoms with Gasteiger partial charge in [0.25, 0.3) is 0 Å². The number of carbonyl (C=O) groups is 1. The maximum absolute atomic E-state index is 11.9. The lowest BCUT2D eigenvalue weighted by molar-refractivity contribution is -0.189. The van der Waals surface area contributed by atoms with Gasteiger partial charge in [-0.15, -0.1) is 0 Å². The van der Waals surface area contributed by atoms with Crippen molar-refractivity contribution >= 4 is 5.97 Å². The third-order valence-electron chi connectivity index (χ3n) is 3.79. The molecule has 0 radical (unpaired) electrons. The first kappa shape index (κ1) is 19.2. The normalized spacial score (nSPS) is 36.0. The highest BCUT2D eigenvalue weighted by molar-refractivity contribution is 5.84. The lowest BCUT2D eigenvalue weighted by Crippen LogP contribution is -2.63. The Bertz CT molecular complexity index is 390. The van der Waals surface area contributed by atoms with Crippen molar-refractivity contribution in [3.63, 3.8) is 0 Å². The van der Waals surface area contributed by atoms with Crippen LogP contribution in [0.4, 0.5) is 0 Å². The van der Waals surface area contributed by atoms with E-state index < -0.39 is 74.2 Å². The molecule has 0 aromatic carbocycles. The fourth-order valence-corrected chi connectivity index (χ4v) is 2.59. The van der Waals surface area contributed by atoms with Crippen LogP contribution < -0.4 is 0 Å². The number of rotatable bonds is 8. The number of aliphatic hydroxyl groups is 8. The standard InChI is InChI=1S/C12H22O10/c13-3-6(16)1-11(20)9(8(18)5-15)22-10(19)12(11,21)2-7(17)4-14/h6-9,13-18,20-21H,1-5H2. The van der Waals surface area contributed by atoms with Gasteiger partial charge in [-0.1, -0.05) is 0 Å². The monoisotopic (exact) mass is 326 g/mol. The fraction of sp³-hybridized carbons (Fsp3) is 0.917. The molecule has 1 aliphatic rings. The number of hydrogen-bond acceptors (Lipinski definition) is 10. The lowest BCUT2D eigenvalue weighted by Gasteiger charge is -2.39. The highest BCUT2D eigenvalue weighted by Crippen LogP contribution is 2.43. The summed E-state index contributed by atoms with van der Waals surface area (Å²) in [5.74, 6) is -1.38. The van der Waals surface area contributed by atoms with Crippen LogP contribution in [0.3, 0.4) is 0 Å². The zero-order valence-corrected chi connectivity index (χ0v) is 11.7. The number of carbonyl (C=O) groups excluding carboxylic acids is 1. The third kappa shape index (κ3) is 3.24. The van der Waals surface area contributed by atoms with E-state index in [4.69, 9.17) is 20.1 Å². The van der Waals surface area contributed by atoms with E-state index in [0.717, 1.165) is 0 Å². The summed E-state index contributed by atoms with van der Waals surface area (Å²) in [5.41, 5.74) is -5.34. The van der Waals surface area contributed by atoms with Crippen LogP contribution >= 0.6 is 0 Å². The van der Waals surface area contributed by atoms with Gasteiger partial charge in [0, 0.05) is 12.8 Å². The largest absolute Gasteiger partial charge is 0.454 e. The molecule has 0 bridgehead atoms. The van der Waals surface area contributed by atoms with Gasteiger partial charge in [0.1, 0.15) is 11.7 Å². The van der Waals surface area contributed by atoms with Crippen molar-refractivity contribution in [2.45, 2.75) is 48.5 Å². The van der Waals surface area contributed by atoms with Gasteiger partial charge in [-0.2, -0.15) is 0 Å². The molecule has 1 fully saturated rings. The molecule has 6 atom stereocenters. The van der Waals surface area contributed by atoms with Gasteiger partial charge < -0.3 is 45.6 Å². The first-order valence-electron chi connectivity index (χ1n) is 6.68. The van der Waals surface area contributed by atoms with Gasteiger partial charge in [0.2, 0.25) is 0 Å². The van der Waals surface area contributed by atoms with E-state index in [-0.39, 0.29) is 0 Å². The van der Waals surface area contributed by atoms with Gasteiger partial charge in [-0.3, -0.25) is 0 Å².